The predicted molar refractivity (Wildman–Crippen MR) is 82.9 cm³/mol. The summed E-state index contributed by atoms with van der Waals surface area (Å²) in [5.74, 6) is 0.174. The van der Waals surface area contributed by atoms with E-state index >= 15 is 0 Å². The highest BCUT2D eigenvalue weighted by atomic mass is 32.1. The Labute approximate surface area is 125 Å². The van der Waals surface area contributed by atoms with Crippen LogP contribution in [0.3, 0.4) is 0 Å². The first-order valence-electron chi connectivity index (χ1n) is 7.57. The van der Waals surface area contributed by atoms with Crippen LogP contribution in [0, 0.1) is 5.41 Å². The monoisotopic (exact) mass is 295 g/mol. The Morgan fingerprint density at radius 1 is 1.60 bits per heavy atom. The molecule has 5 heteroatoms. The molecule has 0 aliphatic carbocycles. The number of carbonyl (C=O) groups is 1. The maximum atomic E-state index is 12.6. The van der Waals surface area contributed by atoms with Crippen molar-refractivity contribution in [2.75, 3.05) is 13.1 Å². The second-order valence-corrected chi connectivity index (χ2v) is 6.77. The predicted octanol–water partition coefficient (Wildman–Crippen LogP) is 2.66. The third-order valence-corrected chi connectivity index (χ3v) is 5.59. The molecule has 4 nitrogen and oxygen atoms in total. The highest BCUT2D eigenvalue weighted by Crippen LogP contribution is 2.31. The van der Waals surface area contributed by atoms with Crippen molar-refractivity contribution >= 4 is 17.2 Å². The summed E-state index contributed by atoms with van der Waals surface area (Å²) in [4.78, 5) is 18.3. The van der Waals surface area contributed by atoms with Gasteiger partial charge in [0.05, 0.1) is 11.5 Å². The first kappa shape index (κ1) is 15.4. The maximum Gasteiger partial charge on any atom is 0.228 e. The van der Waals surface area contributed by atoms with Crippen molar-refractivity contribution in [2.45, 2.75) is 52.5 Å². The summed E-state index contributed by atoms with van der Waals surface area (Å²) in [6.07, 6.45) is 5.86. The van der Waals surface area contributed by atoms with Crippen molar-refractivity contribution in [2.24, 2.45) is 5.41 Å². The fourth-order valence-electron chi connectivity index (χ4n) is 2.72. The van der Waals surface area contributed by atoms with E-state index in [9.17, 15) is 4.79 Å². The van der Waals surface area contributed by atoms with E-state index in [0.29, 0.717) is 0 Å². The molecule has 2 N–H and O–H groups in total. The first-order valence-corrected chi connectivity index (χ1v) is 8.39. The van der Waals surface area contributed by atoms with Crippen LogP contribution in [0.1, 0.15) is 56.0 Å². The molecule has 0 bridgehead atoms. The zero-order valence-electron chi connectivity index (χ0n) is 12.7. The van der Waals surface area contributed by atoms with Crippen molar-refractivity contribution in [3.05, 3.63) is 16.1 Å². The van der Waals surface area contributed by atoms with Crippen molar-refractivity contribution in [3.8, 4) is 0 Å². The number of hydrogen-bond acceptors (Lipinski definition) is 4. The number of thiazole rings is 1. The number of hydrogen-bond donors (Lipinski definition) is 2. The second kappa shape index (κ2) is 6.68. The maximum absolute atomic E-state index is 12.6. The fourth-order valence-corrected chi connectivity index (χ4v) is 3.58. The standard InChI is InChI=1S/C15H25N3OS/c1-4-12-9-17-13(20-12)11(3)18-14(19)15(5-2)7-6-8-16-10-15/h9,11,16H,4-8,10H2,1-3H3,(H,18,19). The number of nitrogens with one attached hydrogen (secondary N) is 2. The lowest BCUT2D eigenvalue weighted by Crippen LogP contribution is -2.50. The number of rotatable bonds is 5. The summed E-state index contributed by atoms with van der Waals surface area (Å²) >= 11 is 1.69. The van der Waals surface area contributed by atoms with E-state index in [2.05, 4.69) is 29.5 Å². The minimum Gasteiger partial charge on any atom is -0.347 e. The molecule has 112 valence electrons. The van der Waals surface area contributed by atoms with Gasteiger partial charge in [-0.15, -0.1) is 11.3 Å². The Bertz CT molecular complexity index is 452. The van der Waals surface area contributed by atoms with Crippen LogP contribution >= 0.6 is 11.3 Å². The SMILES string of the molecule is CCc1cnc(C(C)NC(=O)C2(CC)CCCNC2)s1. The fraction of sp³-hybridized carbons (Fsp3) is 0.733. The molecular formula is C15H25N3OS. The minimum atomic E-state index is -0.239. The first-order chi connectivity index (χ1) is 9.61. The molecule has 20 heavy (non-hydrogen) atoms. The quantitative estimate of drug-likeness (QED) is 0.878. The van der Waals surface area contributed by atoms with E-state index < -0.39 is 0 Å². The molecule has 2 atom stereocenters. The van der Waals surface area contributed by atoms with Gasteiger partial charge in [0.2, 0.25) is 5.91 Å². The van der Waals surface area contributed by atoms with Gasteiger partial charge in [0.25, 0.3) is 0 Å². The van der Waals surface area contributed by atoms with E-state index in [4.69, 9.17) is 0 Å². The molecule has 0 saturated carbocycles. The lowest BCUT2D eigenvalue weighted by atomic mass is 9.77. The summed E-state index contributed by atoms with van der Waals surface area (Å²) in [5, 5.41) is 7.53. The average molecular weight is 295 g/mol. The van der Waals surface area contributed by atoms with E-state index in [0.717, 1.165) is 43.8 Å². The van der Waals surface area contributed by atoms with Crippen LogP contribution in [-0.2, 0) is 11.2 Å². The third-order valence-electron chi connectivity index (χ3n) is 4.27. The van der Waals surface area contributed by atoms with Crippen LogP contribution in [0.15, 0.2) is 6.20 Å². The molecule has 1 fully saturated rings. The normalized spacial score (nSPS) is 24.4. The molecule has 2 unspecified atom stereocenters. The zero-order valence-corrected chi connectivity index (χ0v) is 13.5. The van der Waals surface area contributed by atoms with Gasteiger partial charge in [0.15, 0.2) is 0 Å². The number of piperidine rings is 1. The molecule has 1 aromatic heterocycles. The smallest absolute Gasteiger partial charge is 0.228 e. The third kappa shape index (κ3) is 3.20. The highest BCUT2D eigenvalue weighted by molar-refractivity contribution is 7.11. The van der Waals surface area contributed by atoms with Crippen LogP contribution < -0.4 is 10.6 Å². The van der Waals surface area contributed by atoms with Gasteiger partial charge in [-0.2, -0.15) is 0 Å². The van der Waals surface area contributed by atoms with Gasteiger partial charge >= 0.3 is 0 Å². The summed E-state index contributed by atoms with van der Waals surface area (Å²) < 4.78 is 0. The highest BCUT2D eigenvalue weighted by Gasteiger charge is 2.38. The molecule has 0 aromatic carbocycles. The molecule has 0 radical (unpaired) electrons. The number of aryl methyl sites for hydroxylation is 1. The molecule has 0 spiro atoms. The Kier molecular flexibility index (Phi) is 5.16. The molecule has 1 aliphatic rings. The zero-order chi connectivity index (χ0) is 14.6. The minimum absolute atomic E-state index is 0.00171. The van der Waals surface area contributed by atoms with Crippen molar-refractivity contribution < 1.29 is 4.79 Å². The van der Waals surface area contributed by atoms with Crippen LogP contribution in [0.2, 0.25) is 0 Å². The van der Waals surface area contributed by atoms with Crippen LogP contribution in [-0.4, -0.2) is 24.0 Å². The summed E-state index contributed by atoms with van der Waals surface area (Å²) in [5.41, 5.74) is -0.239. The van der Waals surface area contributed by atoms with Crippen molar-refractivity contribution in [1.82, 2.24) is 15.6 Å². The molecule has 1 amide bonds. The van der Waals surface area contributed by atoms with Gasteiger partial charge in [-0.3, -0.25) is 4.79 Å². The Hall–Kier alpha value is -0.940. The lowest BCUT2D eigenvalue weighted by molar-refractivity contribution is -0.133. The number of nitrogens with zero attached hydrogens (tertiary/aromatic N) is 1. The summed E-state index contributed by atoms with van der Waals surface area (Å²) in [6, 6.07) is -0.00171. The topological polar surface area (TPSA) is 54.0 Å². The van der Waals surface area contributed by atoms with Gasteiger partial charge in [0.1, 0.15) is 5.01 Å². The van der Waals surface area contributed by atoms with Gasteiger partial charge in [0, 0.05) is 17.6 Å². The second-order valence-electron chi connectivity index (χ2n) is 5.63. The molecule has 2 rings (SSSR count). The lowest BCUT2D eigenvalue weighted by Gasteiger charge is -2.36. The number of carbonyl (C=O) groups excluding carboxylic acids is 1. The molecule has 1 aromatic rings. The Balaban J connectivity index is 2.02. The molecule has 1 aliphatic heterocycles. The van der Waals surface area contributed by atoms with E-state index in [1.165, 1.54) is 4.88 Å². The van der Waals surface area contributed by atoms with Gasteiger partial charge in [-0.05, 0) is 39.2 Å². The van der Waals surface area contributed by atoms with E-state index in [1.54, 1.807) is 11.3 Å². The number of amides is 1. The Morgan fingerprint density at radius 2 is 2.40 bits per heavy atom. The summed E-state index contributed by atoms with van der Waals surface area (Å²) in [7, 11) is 0. The average Bonchev–Trinajstić information content (AvgIpc) is 2.97. The van der Waals surface area contributed by atoms with Gasteiger partial charge in [-0.1, -0.05) is 13.8 Å². The largest absolute Gasteiger partial charge is 0.347 e. The Morgan fingerprint density at radius 3 is 2.95 bits per heavy atom. The summed E-state index contributed by atoms with van der Waals surface area (Å²) in [6.45, 7) is 8.07. The van der Waals surface area contributed by atoms with Gasteiger partial charge < -0.3 is 10.6 Å². The van der Waals surface area contributed by atoms with E-state index in [-0.39, 0.29) is 17.4 Å². The van der Waals surface area contributed by atoms with Gasteiger partial charge in [-0.25, -0.2) is 4.98 Å². The van der Waals surface area contributed by atoms with Crippen molar-refractivity contribution in [3.63, 3.8) is 0 Å². The van der Waals surface area contributed by atoms with Crippen LogP contribution in [0.4, 0.5) is 0 Å². The molecular weight excluding hydrogens is 270 g/mol. The number of aromatic nitrogens is 1. The molecule has 1 saturated heterocycles. The van der Waals surface area contributed by atoms with Crippen LogP contribution in [0.5, 0.6) is 0 Å². The van der Waals surface area contributed by atoms with Crippen molar-refractivity contribution in [1.29, 1.82) is 0 Å². The van der Waals surface area contributed by atoms with E-state index in [1.807, 2.05) is 13.1 Å². The van der Waals surface area contributed by atoms with Crippen LogP contribution in [0.25, 0.3) is 0 Å². The molecule has 2 heterocycles.